The lowest BCUT2D eigenvalue weighted by molar-refractivity contribution is 0.242. The fraction of sp³-hybridized carbons (Fsp3) is 0.350. The molecule has 0 heterocycles. The first-order valence-electron chi connectivity index (χ1n) is 8.45. The summed E-state index contributed by atoms with van der Waals surface area (Å²) >= 11 is 0. The minimum Gasteiger partial charge on any atom is -0.496 e. The van der Waals surface area contributed by atoms with Crippen molar-refractivity contribution in [2.45, 2.75) is 33.3 Å². The van der Waals surface area contributed by atoms with Gasteiger partial charge in [0.15, 0.2) is 5.96 Å². The van der Waals surface area contributed by atoms with Gasteiger partial charge in [-0.2, -0.15) is 0 Å². The fourth-order valence-corrected chi connectivity index (χ4v) is 2.48. The van der Waals surface area contributed by atoms with Crippen molar-refractivity contribution in [3.8, 4) is 11.5 Å². The number of nitrogens with zero attached hydrogens (tertiary/aromatic N) is 1. The van der Waals surface area contributed by atoms with Gasteiger partial charge in [-0.15, -0.1) is 0 Å². The van der Waals surface area contributed by atoms with Crippen LogP contribution in [0.25, 0.3) is 0 Å². The van der Waals surface area contributed by atoms with Crippen molar-refractivity contribution in [1.82, 2.24) is 0 Å². The highest BCUT2D eigenvalue weighted by Crippen LogP contribution is 2.20. The van der Waals surface area contributed by atoms with Crippen LogP contribution in [0.2, 0.25) is 0 Å². The Labute approximate surface area is 149 Å². The van der Waals surface area contributed by atoms with Crippen LogP contribution in [-0.4, -0.2) is 25.7 Å². The van der Waals surface area contributed by atoms with E-state index in [1.54, 1.807) is 7.11 Å². The van der Waals surface area contributed by atoms with Gasteiger partial charge in [0, 0.05) is 12.2 Å². The summed E-state index contributed by atoms with van der Waals surface area (Å²) in [5.41, 5.74) is 9.18. The number of nitrogens with one attached hydrogen (secondary N) is 1. The highest BCUT2D eigenvalue weighted by molar-refractivity contribution is 5.92. The van der Waals surface area contributed by atoms with Crippen molar-refractivity contribution >= 4 is 11.6 Å². The molecule has 0 radical (unpaired) electrons. The van der Waals surface area contributed by atoms with Crippen molar-refractivity contribution in [3.05, 3.63) is 53.6 Å². The smallest absolute Gasteiger partial charge is 0.193 e. The van der Waals surface area contributed by atoms with E-state index >= 15 is 0 Å². The third-order valence-electron chi connectivity index (χ3n) is 3.60. The molecule has 0 amide bonds. The van der Waals surface area contributed by atoms with Gasteiger partial charge in [0.2, 0.25) is 0 Å². The van der Waals surface area contributed by atoms with Crippen molar-refractivity contribution in [3.63, 3.8) is 0 Å². The van der Waals surface area contributed by atoms with E-state index in [1.165, 1.54) is 5.56 Å². The summed E-state index contributed by atoms with van der Waals surface area (Å²) in [5.74, 6) is 2.11. The molecule has 0 aromatic heterocycles. The molecule has 3 N–H and O–H groups in total. The van der Waals surface area contributed by atoms with E-state index < -0.39 is 0 Å². The van der Waals surface area contributed by atoms with Gasteiger partial charge in [0.25, 0.3) is 0 Å². The van der Waals surface area contributed by atoms with Crippen LogP contribution in [0.4, 0.5) is 5.69 Å². The third-order valence-corrected chi connectivity index (χ3v) is 3.60. The molecular formula is C20H27N3O2. The van der Waals surface area contributed by atoms with E-state index in [9.17, 15) is 0 Å². The topological polar surface area (TPSA) is 68.9 Å². The standard InChI is InChI=1S/C20H27N3O2/c1-14(2)25-18-8-6-17(7-9-18)23-20(21)22-12-11-16-13-15(3)5-10-19(16)24-4/h5-10,13-14H,11-12H2,1-4H3,(H3,21,22,23). The zero-order chi connectivity index (χ0) is 18.2. The Morgan fingerprint density at radius 3 is 2.52 bits per heavy atom. The molecule has 25 heavy (non-hydrogen) atoms. The highest BCUT2D eigenvalue weighted by Gasteiger charge is 2.03. The lowest BCUT2D eigenvalue weighted by Crippen LogP contribution is -2.23. The number of guanidine groups is 1. The van der Waals surface area contributed by atoms with Crippen LogP contribution in [0.5, 0.6) is 11.5 Å². The number of hydrogen-bond donors (Lipinski definition) is 2. The third kappa shape index (κ3) is 6.03. The van der Waals surface area contributed by atoms with E-state index in [1.807, 2.05) is 50.2 Å². The van der Waals surface area contributed by atoms with Crippen molar-refractivity contribution < 1.29 is 9.47 Å². The Hall–Kier alpha value is -2.69. The number of benzene rings is 2. The van der Waals surface area contributed by atoms with Gasteiger partial charge in [0.1, 0.15) is 11.5 Å². The Balaban J connectivity index is 1.90. The molecule has 0 atom stereocenters. The molecule has 0 bridgehead atoms. The van der Waals surface area contributed by atoms with Crippen LogP contribution in [-0.2, 0) is 6.42 Å². The number of nitrogens with two attached hydrogens (primary N) is 1. The molecule has 0 aliphatic rings. The monoisotopic (exact) mass is 341 g/mol. The zero-order valence-corrected chi connectivity index (χ0v) is 15.4. The Morgan fingerprint density at radius 2 is 1.88 bits per heavy atom. The first-order valence-corrected chi connectivity index (χ1v) is 8.45. The molecule has 0 aliphatic heterocycles. The number of hydrogen-bond acceptors (Lipinski definition) is 3. The van der Waals surface area contributed by atoms with Crippen molar-refractivity contribution in [2.24, 2.45) is 10.7 Å². The van der Waals surface area contributed by atoms with E-state index in [2.05, 4.69) is 23.3 Å². The Morgan fingerprint density at radius 1 is 1.16 bits per heavy atom. The number of rotatable bonds is 7. The summed E-state index contributed by atoms with van der Waals surface area (Å²) in [7, 11) is 1.68. The second kappa shape index (κ2) is 8.97. The summed E-state index contributed by atoms with van der Waals surface area (Å²) in [4.78, 5) is 4.39. The number of ether oxygens (including phenoxy) is 2. The molecule has 2 rings (SSSR count). The summed E-state index contributed by atoms with van der Waals surface area (Å²) in [5, 5.41) is 3.09. The van der Waals surface area contributed by atoms with Gasteiger partial charge in [0.05, 0.1) is 13.2 Å². The largest absolute Gasteiger partial charge is 0.496 e. The molecule has 0 aliphatic carbocycles. The average molecular weight is 341 g/mol. The summed E-state index contributed by atoms with van der Waals surface area (Å²) in [6.45, 7) is 6.65. The fourth-order valence-electron chi connectivity index (χ4n) is 2.48. The summed E-state index contributed by atoms with van der Waals surface area (Å²) in [6, 6.07) is 13.8. The molecule has 2 aromatic rings. The Bertz CT molecular complexity index is 709. The first-order chi connectivity index (χ1) is 12.0. The first kappa shape index (κ1) is 18.6. The van der Waals surface area contributed by atoms with Gasteiger partial charge in [-0.3, -0.25) is 4.99 Å². The zero-order valence-electron chi connectivity index (χ0n) is 15.4. The van der Waals surface area contributed by atoms with E-state index in [0.717, 1.165) is 29.2 Å². The minimum atomic E-state index is 0.157. The van der Waals surface area contributed by atoms with E-state index in [0.29, 0.717) is 12.5 Å². The van der Waals surface area contributed by atoms with Gasteiger partial charge in [-0.25, -0.2) is 0 Å². The molecule has 0 fully saturated rings. The number of methoxy groups -OCH3 is 1. The molecule has 5 nitrogen and oxygen atoms in total. The SMILES string of the molecule is COc1ccc(C)cc1CCN=C(N)Nc1ccc(OC(C)C)cc1. The summed E-state index contributed by atoms with van der Waals surface area (Å²) in [6.07, 6.45) is 0.929. The van der Waals surface area contributed by atoms with Gasteiger partial charge >= 0.3 is 0 Å². The number of anilines is 1. The highest BCUT2D eigenvalue weighted by atomic mass is 16.5. The maximum absolute atomic E-state index is 5.97. The molecule has 5 heteroatoms. The normalized spacial score (nSPS) is 11.5. The van der Waals surface area contributed by atoms with Crippen molar-refractivity contribution in [1.29, 1.82) is 0 Å². The summed E-state index contributed by atoms with van der Waals surface area (Å²) < 4.78 is 11.0. The van der Waals surface area contributed by atoms with Gasteiger partial charge in [-0.1, -0.05) is 17.7 Å². The second-order valence-electron chi connectivity index (χ2n) is 6.15. The number of aryl methyl sites for hydroxylation is 1. The van der Waals surface area contributed by atoms with Crippen LogP contribution in [0.15, 0.2) is 47.5 Å². The Kier molecular flexibility index (Phi) is 6.69. The maximum Gasteiger partial charge on any atom is 0.193 e. The second-order valence-corrected chi connectivity index (χ2v) is 6.15. The quantitative estimate of drug-likeness (QED) is 0.594. The predicted octanol–water partition coefficient (Wildman–Crippen LogP) is 3.76. The van der Waals surface area contributed by atoms with E-state index in [-0.39, 0.29) is 6.10 Å². The molecule has 0 saturated heterocycles. The molecular weight excluding hydrogens is 314 g/mol. The molecule has 134 valence electrons. The average Bonchev–Trinajstić information content (AvgIpc) is 2.56. The maximum atomic E-state index is 5.97. The minimum absolute atomic E-state index is 0.157. The molecule has 0 saturated carbocycles. The molecule has 0 unspecified atom stereocenters. The van der Waals surface area contributed by atoms with E-state index in [4.69, 9.17) is 15.2 Å². The van der Waals surface area contributed by atoms with Crippen LogP contribution >= 0.6 is 0 Å². The lowest BCUT2D eigenvalue weighted by atomic mass is 10.1. The van der Waals surface area contributed by atoms with Crippen LogP contribution in [0, 0.1) is 6.92 Å². The van der Waals surface area contributed by atoms with Gasteiger partial charge in [-0.05, 0) is 63.1 Å². The van der Waals surface area contributed by atoms with Crippen LogP contribution in [0.3, 0.4) is 0 Å². The van der Waals surface area contributed by atoms with Gasteiger partial charge < -0.3 is 20.5 Å². The van der Waals surface area contributed by atoms with Crippen LogP contribution < -0.4 is 20.5 Å². The molecule has 2 aromatic carbocycles. The lowest BCUT2D eigenvalue weighted by Gasteiger charge is -2.11. The molecule has 0 spiro atoms. The van der Waals surface area contributed by atoms with Crippen molar-refractivity contribution in [2.75, 3.05) is 19.0 Å². The predicted molar refractivity (Wildman–Crippen MR) is 104 cm³/mol. The number of aliphatic imine (C=N–C) groups is 1. The van der Waals surface area contributed by atoms with Crippen LogP contribution in [0.1, 0.15) is 25.0 Å².